The molecule has 0 fully saturated rings. The molecule has 0 atom stereocenters. The zero-order chi connectivity index (χ0) is 8.43. The predicted molar refractivity (Wildman–Crippen MR) is 41.7 cm³/mol. The number of carboxylic acids is 1. The summed E-state index contributed by atoms with van der Waals surface area (Å²) in [5.41, 5.74) is 2.05. The average molecular weight is 149 g/mol. The van der Waals surface area contributed by atoms with Crippen LogP contribution in [0.25, 0.3) is 0 Å². The van der Waals surface area contributed by atoms with E-state index < -0.39 is 5.97 Å². The molecule has 0 aliphatic rings. The van der Waals surface area contributed by atoms with E-state index in [4.69, 9.17) is 5.11 Å². The molecule has 0 aliphatic heterocycles. The van der Waals surface area contributed by atoms with Crippen molar-refractivity contribution in [1.82, 2.24) is 0 Å². The van der Waals surface area contributed by atoms with E-state index in [1.807, 2.05) is 6.92 Å². The van der Waals surface area contributed by atoms with E-state index in [0.29, 0.717) is 5.56 Å². The summed E-state index contributed by atoms with van der Waals surface area (Å²) >= 11 is 0. The number of carboxylic acid groups (broad SMARTS) is 1. The van der Waals surface area contributed by atoms with E-state index in [9.17, 15) is 4.79 Å². The Morgan fingerprint density at radius 1 is 1.55 bits per heavy atom. The second kappa shape index (κ2) is 2.74. The van der Waals surface area contributed by atoms with Crippen LogP contribution in [0, 0.1) is 19.9 Å². The lowest BCUT2D eigenvalue weighted by Crippen LogP contribution is -2.00. The molecular formula is C9H9O2. The highest BCUT2D eigenvalue weighted by atomic mass is 16.4. The Morgan fingerprint density at radius 3 is 2.64 bits per heavy atom. The van der Waals surface area contributed by atoms with Gasteiger partial charge in [-0.2, -0.15) is 0 Å². The Balaban J connectivity index is 3.27. The van der Waals surface area contributed by atoms with E-state index in [1.54, 1.807) is 19.1 Å². The largest absolute Gasteiger partial charge is 0.478 e. The maximum absolute atomic E-state index is 10.6. The first-order valence-electron chi connectivity index (χ1n) is 3.34. The summed E-state index contributed by atoms with van der Waals surface area (Å²) in [4.78, 5) is 10.6. The quantitative estimate of drug-likeness (QED) is 0.661. The van der Waals surface area contributed by atoms with Crippen LogP contribution in [0.15, 0.2) is 12.1 Å². The van der Waals surface area contributed by atoms with Crippen molar-refractivity contribution in [3.05, 3.63) is 34.9 Å². The van der Waals surface area contributed by atoms with E-state index in [0.717, 1.165) is 11.1 Å². The summed E-state index contributed by atoms with van der Waals surface area (Å²) in [5, 5.41) is 8.68. The number of hydrogen-bond acceptors (Lipinski definition) is 1. The summed E-state index contributed by atoms with van der Waals surface area (Å²) in [5.74, 6) is -0.875. The molecule has 1 radical (unpaired) electrons. The molecule has 57 valence electrons. The minimum Gasteiger partial charge on any atom is -0.478 e. The Kier molecular flexibility index (Phi) is 1.94. The molecule has 1 aromatic rings. The predicted octanol–water partition coefficient (Wildman–Crippen LogP) is 1.80. The molecular weight excluding hydrogens is 140 g/mol. The van der Waals surface area contributed by atoms with Gasteiger partial charge < -0.3 is 5.11 Å². The normalized spacial score (nSPS) is 9.64. The van der Waals surface area contributed by atoms with E-state index >= 15 is 0 Å². The fraction of sp³-hybridized carbons (Fsp3) is 0.222. The molecule has 1 N–H and O–H groups in total. The highest BCUT2D eigenvalue weighted by molar-refractivity contribution is 5.89. The second-order valence-electron chi connectivity index (χ2n) is 2.45. The van der Waals surface area contributed by atoms with Crippen molar-refractivity contribution in [2.24, 2.45) is 0 Å². The SMILES string of the molecule is Cc1[c]ccc(C(=O)O)c1C. The standard InChI is InChI=1S/C9H9O2/c1-6-4-3-5-8(7(6)2)9(10)11/h3,5H,1-2H3,(H,10,11). The van der Waals surface area contributed by atoms with Gasteiger partial charge in [0.1, 0.15) is 0 Å². The highest BCUT2D eigenvalue weighted by Crippen LogP contribution is 2.11. The van der Waals surface area contributed by atoms with Gasteiger partial charge in [-0.05, 0) is 37.1 Å². The molecule has 0 amide bonds. The van der Waals surface area contributed by atoms with Crippen LogP contribution in [0.2, 0.25) is 0 Å². The summed E-state index contributed by atoms with van der Waals surface area (Å²) in [6, 6.07) is 6.12. The van der Waals surface area contributed by atoms with Gasteiger partial charge in [0.2, 0.25) is 0 Å². The lowest BCUT2D eigenvalue weighted by Gasteiger charge is -2.01. The van der Waals surface area contributed by atoms with E-state index in [1.165, 1.54) is 0 Å². The van der Waals surface area contributed by atoms with Crippen LogP contribution in [0.4, 0.5) is 0 Å². The molecule has 0 spiro atoms. The van der Waals surface area contributed by atoms with Gasteiger partial charge in [0.25, 0.3) is 0 Å². The third-order valence-corrected chi connectivity index (χ3v) is 1.75. The molecule has 0 aromatic heterocycles. The summed E-state index contributed by atoms with van der Waals surface area (Å²) in [7, 11) is 0. The van der Waals surface area contributed by atoms with Gasteiger partial charge >= 0.3 is 5.97 Å². The fourth-order valence-corrected chi connectivity index (χ4v) is 0.917. The molecule has 0 aliphatic carbocycles. The first-order valence-corrected chi connectivity index (χ1v) is 3.34. The maximum atomic E-state index is 10.6. The molecule has 1 aromatic carbocycles. The minimum atomic E-state index is -0.875. The molecule has 0 saturated carbocycles. The number of aryl methyl sites for hydroxylation is 1. The van der Waals surface area contributed by atoms with Gasteiger partial charge in [-0.15, -0.1) is 0 Å². The van der Waals surface area contributed by atoms with Gasteiger partial charge in [-0.1, -0.05) is 6.07 Å². The van der Waals surface area contributed by atoms with Crippen molar-refractivity contribution < 1.29 is 9.90 Å². The Bertz CT molecular complexity index is 290. The topological polar surface area (TPSA) is 37.3 Å². The average Bonchev–Trinajstić information content (AvgIpc) is 1.94. The number of benzene rings is 1. The highest BCUT2D eigenvalue weighted by Gasteiger charge is 2.06. The molecule has 0 heterocycles. The van der Waals surface area contributed by atoms with Gasteiger partial charge in [0.05, 0.1) is 5.56 Å². The molecule has 0 unspecified atom stereocenters. The van der Waals surface area contributed by atoms with Gasteiger partial charge in [0.15, 0.2) is 0 Å². The minimum absolute atomic E-state index is 0.362. The Morgan fingerprint density at radius 2 is 2.18 bits per heavy atom. The number of hydrogen-bond donors (Lipinski definition) is 1. The van der Waals surface area contributed by atoms with Crippen LogP contribution in [-0.4, -0.2) is 11.1 Å². The van der Waals surface area contributed by atoms with Crippen LogP contribution >= 0.6 is 0 Å². The lowest BCUT2D eigenvalue weighted by atomic mass is 10.0. The van der Waals surface area contributed by atoms with Crippen molar-refractivity contribution in [1.29, 1.82) is 0 Å². The first kappa shape index (κ1) is 7.79. The van der Waals surface area contributed by atoms with Gasteiger partial charge in [-0.25, -0.2) is 4.79 Å². The maximum Gasteiger partial charge on any atom is 0.335 e. The van der Waals surface area contributed by atoms with Crippen molar-refractivity contribution >= 4 is 5.97 Å². The zero-order valence-corrected chi connectivity index (χ0v) is 6.51. The van der Waals surface area contributed by atoms with Crippen LogP contribution in [0.5, 0.6) is 0 Å². The van der Waals surface area contributed by atoms with Gasteiger partial charge in [0, 0.05) is 0 Å². The monoisotopic (exact) mass is 149 g/mol. The Hall–Kier alpha value is -1.31. The van der Waals surface area contributed by atoms with Gasteiger partial charge in [-0.3, -0.25) is 0 Å². The number of aromatic carboxylic acids is 1. The number of carbonyl (C=O) groups is 1. The summed E-state index contributed by atoms with van der Waals surface area (Å²) in [6.45, 7) is 3.64. The van der Waals surface area contributed by atoms with E-state index in [2.05, 4.69) is 6.07 Å². The zero-order valence-electron chi connectivity index (χ0n) is 6.51. The second-order valence-corrected chi connectivity index (χ2v) is 2.45. The van der Waals surface area contributed by atoms with Crippen LogP contribution < -0.4 is 0 Å². The third-order valence-electron chi connectivity index (χ3n) is 1.75. The first-order chi connectivity index (χ1) is 5.13. The smallest absolute Gasteiger partial charge is 0.335 e. The molecule has 0 saturated heterocycles. The van der Waals surface area contributed by atoms with Crippen LogP contribution in [0.3, 0.4) is 0 Å². The molecule has 11 heavy (non-hydrogen) atoms. The number of rotatable bonds is 1. The summed E-state index contributed by atoms with van der Waals surface area (Å²) in [6.07, 6.45) is 0. The molecule has 1 rings (SSSR count). The van der Waals surface area contributed by atoms with E-state index in [-0.39, 0.29) is 0 Å². The summed E-state index contributed by atoms with van der Waals surface area (Å²) < 4.78 is 0. The van der Waals surface area contributed by atoms with Crippen molar-refractivity contribution in [2.45, 2.75) is 13.8 Å². The van der Waals surface area contributed by atoms with Crippen LogP contribution in [0.1, 0.15) is 21.5 Å². The van der Waals surface area contributed by atoms with Crippen LogP contribution in [-0.2, 0) is 0 Å². The fourth-order valence-electron chi connectivity index (χ4n) is 0.917. The van der Waals surface area contributed by atoms with Crippen molar-refractivity contribution in [2.75, 3.05) is 0 Å². The molecule has 2 nitrogen and oxygen atoms in total. The lowest BCUT2D eigenvalue weighted by molar-refractivity contribution is 0.0696. The third kappa shape index (κ3) is 1.40. The van der Waals surface area contributed by atoms with Crippen molar-refractivity contribution in [3.63, 3.8) is 0 Å². The Labute approximate surface area is 65.5 Å². The van der Waals surface area contributed by atoms with Crippen molar-refractivity contribution in [3.8, 4) is 0 Å². The molecule has 0 bridgehead atoms. The molecule has 2 heteroatoms.